The molecule has 0 saturated carbocycles. The zero-order valence-corrected chi connectivity index (χ0v) is 10.2. The van der Waals surface area contributed by atoms with Crippen molar-refractivity contribution in [2.45, 2.75) is 12.5 Å². The minimum Gasteiger partial charge on any atom is -0.406 e. The van der Waals surface area contributed by atoms with Crippen LogP contribution in [0.4, 0.5) is 26.3 Å². The molecule has 0 aliphatic rings. The van der Waals surface area contributed by atoms with Crippen LogP contribution in [0.2, 0.25) is 0 Å². The van der Waals surface area contributed by atoms with Crippen molar-refractivity contribution in [1.29, 1.82) is 0 Å². The Labute approximate surface area is 115 Å². The molecule has 0 aliphatic carbocycles. The molecule has 21 heavy (non-hydrogen) atoms. The number of hydrogen-bond acceptors (Lipinski definition) is 2. The quantitative estimate of drug-likeness (QED) is 0.752. The van der Waals surface area contributed by atoms with Gasteiger partial charge in [0.25, 0.3) is 0 Å². The lowest BCUT2D eigenvalue weighted by molar-refractivity contribution is -0.274. The van der Waals surface area contributed by atoms with Gasteiger partial charge in [-0.15, -0.1) is 13.2 Å². The molecule has 0 amide bonds. The summed E-state index contributed by atoms with van der Waals surface area (Å²) in [6.45, 7) is 0. The van der Waals surface area contributed by atoms with Gasteiger partial charge in [-0.25, -0.2) is 0 Å². The summed E-state index contributed by atoms with van der Waals surface area (Å²) in [5.74, 6) is -0.516. The maximum atomic E-state index is 12.6. The number of rotatable bonds is 2. The first kappa shape index (κ1) is 15.1. The Morgan fingerprint density at radius 2 is 1.57 bits per heavy atom. The minimum absolute atomic E-state index is 0.0393. The molecular formula is C13H7F6NO. The lowest BCUT2D eigenvalue weighted by Crippen LogP contribution is -2.17. The summed E-state index contributed by atoms with van der Waals surface area (Å²) in [6.07, 6.45) is -7.69. The van der Waals surface area contributed by atoms with Gasteiger partial charge in [-0.05, 0) is 23.8 Å². The second-order valence-corrected chi connectivity index (χ2v) is 4.04. The van der Waals surface area contributed by atoms with Crippen LogP contribution < -0.4 is 4.74 Å². The summed E-state index contributed by atoms with van der Waals surface area (Å²) >= 11 is 0. The van der Waals surface area contributed by atoms with Crippen molar-refractivity contribution < 1.29 is 31.1 Å². The average Bonchev–Trinajstić information content (AvgIpc) is 2.36. The molecule has 0 saturated heterocycles. The van der Waals surface area contributed by atoms with E-state index in [0.717, 1.165) is 24.4 Å². The monoisotopic (exact) mass is 307 g/mol. The van der Waals surface area contributed by atoms with E-state index < -0.39 is 23.9 Å². The maximum absolute atomic E-state index is 12.6. The summed E-state index contributed by atoms with van der Waals surface area (Å²) in [7, 11) is 0. The Bertz CT molecular complexity index is 635. The van der Waals surface area contributed by atoms with Crippen LogP contribution in [0.25, 0.3) is 11.1 Å². The lowest BCUT2D eigenvalue weighted by atomic mass is 10.1. The van der Waals surface area contributed by atoms with E-state index in [2.05, 4.69) is 9.72 Å². The van der Waals surface area contributed by atoms with Crippen molar-refractivity contribution in [3.8, 4) is 16.9 Å². The molecule has 8 heteroatoms. The third-order valence-corrected chi connectivity index (χ3v) is 2.47. The van der Waals surface area contributed by atoms with Crippen LogP contribution in [-0.4, -0.2) is 11.3 Å². The molecule has 0 aliphatic heterocycles. The molecule has 0 bridgehead atoms. The smallest absolute Gasteiger partial charge is 0.406 e. The fraction of sp³-hybridized carbons (Fsp3) is 0.154. The Kier molecular flexibility index (Phi) is 3.80. The highest BCUT2D eigenvalue weighted by molar-refractivity contribution is 5.64. The van der Waals surface area contributed by atoms with E-state index in [1.807, 2.05) is 0 Å². The van der Waals surface area contributed by atoms with Gasteiger partial charge < -0.3 is 4.74 Å². The van der Waals surface area contributed by atoms with Crippen LogP contribution in [0.15, 0.2) is 42.7 Å². The predicted molar refractivity (Wildman–Crippen MR) is 61.4 cm³/mol. The predicted octanol–water partition coefficient (Wildman–Crippen LogP) is 4.67. The average molecular weight is 307 g/mol. The van der Waals surface area contributed by atoms with E-state index in [9.17, 15) is 26.3 Å². The summed E-state index contributed by atoms with van der Waals surface area (Å²) in [6, 6.07) is 5.46. The third-order valence-electron chi connectivity index (χ3n) is 2.47. The highest BCUT2D eigenvalue weighted by atomic mass is 19.4. The number of pyridine rings is 1. The molecule has 0 N–H and O–H groups in total. The van der Waals surface area contributed by atoms with Gasteiger partial charge in [-0.3, -0.25) is 4.98 Å². The number of hydrogen-bond donors (Lipinski definition) is 0. The van der Waals surface area contributed by atoms with E-state index >= 15 is 0 Å². The Hall–Kier alpha value is -2.25. The topological polar surface area (TPSA) is 22.1 Å². The van der Waals surface area contributed by atoms with E-state index in [1.54, 1.807) is 0 Å². The molecule has 0 spiro atoms. The SMILES string of the molecule is FC(F)(F)Oc1cccc(-c2cncc(C(F)(F)F)c2)c1. The molecular weight excluding hydrogens is 300 g/mol. The number of aromatic nitrogens is 1. The summed E-state index contributed by atoms with van der Waals surface area (Å²) in [4.78, 5) is 3.45. The largest absolute Gasteiger partial charge is 0.573 e. The van der Waals surface area contributed by atoms with Crippen molar-refractivity contribution in [3.05, 3.63) is 48.3 Å². The molecule has 0 radical (unpaired) electrons. The molecule has 2 rings (SSSR count). The van der Waals surface area contributed by atoms with E-state index in [1.165, 1.54) is 12.1 Å². The van der Waals surface area contributed by atoms with Crippen molar-refractivity contribution in [1.82, 2.24) is 4.98 Å². The zero-order valence-electron chi connectivity index (χ0n) is 10.2. The van der Waals surface area contributed by atoms with E-state index in [4.69, 9.17) is 0 Å². The highest BCUT2D eigenvalue weighted by Gasteiger charge is 2.32. The van der Waals surface area contributed by atoms with Gasteiger partial charge in [-0.1, -0.05) is 12.1 Å². The fourth-order valence-electron chi connectivity index (χ4n) is 1.63. The number of halogens is 6. The molecule has 2 nitrogen and oxygen atoms in total. The van der Waals surface area contributed by atoms with Crippen LogP contribution in [0.1, 0.15) is 5.56 Å². The second-order valence-electron chi connectivity index (χ2n) is 4.04. The summed E-state index contributed by atoms with van der Waals surface area (Å²) < 4.78 is 77.8. The van der Waals surface area contributed by atoms with Gasteiger partial charge in [0.1, 0.15) is 5.75 Å². The third kappa shape index (κ3) is 4.11. The minimum atomic E-state index is -4.87. The van der Waals surface area contributed by atoms with E-state index in [-0.39, 0.29) is 11.1 Å². The van der Waals surface area contributed by atoms with Crippen LogP contribution in [0.5, 0.6) is 5.75 Å². The molecule has 1 aromatic carbocycles. The first-order valence-electron chi connectivity index (χ1n) is 5.53. The Balaban J connectivity index is 2.37. The summed E-state index contributed by atoms with van der Waals surface area (Å²) in [5.41, 5.74) is -0.810. The fourth-order valence-corrected chi connectivity index (χ4v) is 1.63. The molecule has 0 atom stereocenters. The van der Waals surface area contributed by atoms with Crippen molar-refractivity contribution in [2.24, 2.45) is 0 Å². The molecule has 2 aromatic rings. The molecule has 112 valence electrons. The summed E-state index contributed by atoms with van der Waals surface area (Å²) in [5, 5.41) is 0. The van der Waals surface area contributed by atoms with Crippen LogP contribution >= 0.6 is 0 Å². The van der Waals surface area contributed by atoms with Gasteiger partial charge in [0, 0.05) is 18.0 Å². The van der Waals surface area contributed by atoms with Crippen LogP contribution in [-0.2, 0) is 6.18 Å². The Morgan fingerprint density at radius 3 is 2.19 bits per heavy atom. The molecule has 0 unspecified atom stereocenters. The maximum Gasteiger partial charge on any atom is 0.573 e. The number of nitrogens with zero attached hydrogens (tertiary/aromatic N) is 1. The number of benzene rings is 1. The van der Waals surface area contributed by atoms with Crippen LogP contribution in [0, 0.1) is 0 Å². The first-order valence-corrected chi connectivity index (χ1v) is 5.53. The van der Waals surface area contributed by atoms with Gasteiger partial charge in [0.05, 0.1) is 5.56 Å². The van der Waals surface area contributed by atoms with Crippen molar-refractivity contribution >= 4 is 0 Å². The van der Waals surface area contributed by atoms with Crippen molar-refractivity contribution in [3.63, 3.8) is 0 Å². The molecule has 0 fully saturated rings. The van der Waals surface area contributed by atoms with Gasteiger partial charge in [-0.2, -0.15) is 13.2 Å². The number of ether oxygens (including phenoxy) is 1. The first-order chi connectivity index (χ1) is 9.65. The number of alkyl halides is 6. The standard InChI is InChI=1S/C13H7F6NO/c14-12(15,16)10-4-9(6-20-7-10)8-2-1-3-11(5-8)21-13(17,18)19/h1-7H. The second kappa shape index (κ2) is 5.27. The van der Waals surface area contributed by atoms with Crippen LogP contribution in [0.3, 0.4) is 0 Å². The van der Waals surface area contributed by atoms with Crippen molar-refractivity contribution in [2.75, 3.05) is 0 Å². The molecule has 1 aromatic heterocycles. The Morgan fingerprint density at radius 1 is 0.857 bits per heavy atom. The normalized spacial score (nSPS) is 12.3. The van der Waals surface area contributed by atoms with Gasteiger partial charge in [0.15, 0.2) is 0 Å². The molecule has 1 heterocycles. The van der Waals surface area contributed by atoms with Gasteiger partial charge in [0.2, 0.25) is 0 Å². The lowest BCUT2D eigenvalue weighted by Gasteiger charge is -2.11. The zero-order chi connectivity index (χ0) is 15.7. The highest BCUT2D eigenvalue weighted by Crippen LogP contribution is 2.32. The van der Waals surface area contributed by atoms with Gasteiger partial charge >= 0.3 is 12.5 Å². The van der Waals surface area contributed by atoms with E-state index in [0.29, 0.717) is 6.20 Å².